The molecular formula is C18H25NO3. The zero-order chi connectivity index (χ0) is 15.8. The van der Waals surface area contributed by atoms with Gasteiger partial charge in [0.15, 0.2) is 11.5 Å². The highest BCUT2D eigenvalue weighted by Crippen LogP contribution is 2.32. The molecular weight excluding hydrogens is 278 g/mol. The van der Waals surface area contributed by atoms with Crippen molar-refractivity contribution >= 4 is 12.0 Å². The number of nitrogens with one attached hydrogen (secondary N) is 1. The molecule has 1 atom stereocenters. The van der Waals surface area contributed by atoms with E-state index in [-0.39, 0.29) is 12.7 Å². The Morgan fingerprint density at radius 1 is 1.32 bits per heavy atom. The third-order valence-electron chi connectivity index (χ3n) is 3.93. The van der Waals surface area contributed by atoms with Gasteiger partial charge in [0.1, 0.15) is 0 Å². The van der Waals surface area contributed by atoms with E-state index in [1.165, 1.54) is 19.3 Å². The summed E-state index contributed by atoms with van der Waals surface area (Å²) in [5.41, 5.74) is 0.928. The molecule has 0 saturated carbocycles. The van der Waals surface area contributed by atoms with Crippen molar-refractivity contribution in [3.05, 3.63) is 29.8 Å². The van der Waals surface area contributed by atoms with Crippen molar-refractivity contribution in [2.75, 3.05) is 13.3 Å². The number of rotatable bonds is 8. The van der Waals surface area contributed by atoms with Gasteiger partial charge in [0.05, 0.1) is 0 Å². The molecule has 0 radical (unpaired) electrons. The highest BCUT2D eigenvalue weighted by Gasteiger charge is 2.12. The quantitative estimate of drug-likeness (QED) is 0.744. The fourth-order valence-corrected chi connectivity index (χ4v) is 2.44. The normalized spacial score (nSPS) is 14.3. The lowest BCUT2D eigenvalue weighted by atomic mass is 9.99. The Balaban J connectivity index is 1.81. The van der Waals surface area contributed by atoms with E-state index in [1.54, 1.807) is 12.2 Å². The first kappa shape index (κ1) is 16.4. The second kappa shape index (κ2) is 8.47. The van der Waals surface area contributed by atoms with Crippen LogP contribution >= 0.6 is 0 Å². The van der Waals surface area contributed by atoms with Crippen LogP contribution in [0.1, 0.15) is 45.1 Å². The van der Waals surface area contributed by atoms with Crippen molar-refractivity contribution in [2.24, 2.45) is 5.92 Å². The monoisotopic (exact) mass is 303 g/mol. The minimum Gasteiger partial charge on any atom is -0.454 e. The Morgan fingerprint density at radius 2 is 2.14 bits per heavy atom. The molecule has 1 amide bonds. The predicted molar refractivity (Wildman–Crippen MR) is 87.9 cm³/mol. The Labute approximate surface area is 132 Å². The summed E-state index contributed by atoms with van der Waals surface area (Å²) < 4.78 is 10.6. The zero-order valence-corrected chi connectivity index (χ0v) is 13.4. The molecule has 1 aromatic rings. The molecule has 1 N–H and O–H groups in total. The maximum absolute atomic E-state index is 11.9. The summed E-state index contributed by atoms with van der Waals surface area (Å²) in [6.07, 6.45) is 8.08. The second-order valence-electron chi connectivity index (χ2n) is 5.61. The smallest absolute Gasteiger partial charge is 0.244 e. The molecule has 0 bridgehead atoms. The molecule has 0 unspecified atom stereocenters. The molecule has 0 spiro atoms. The largest absolute Gasteiger partial charge is 0.454 e. The fraction of sp³-hybridized carbons (Fsp3) is 0.500. The third kappa shape index (κ3) is 4.79. The SMILES string of the molecule is CCCC[C@H](CC)CNC(=O)/C=C/c1ccc2c(c1)OCO2. The minimum absolute atomic E-state index is 0.0485. The van der Waals surface area contributed by atoms with Crippen molar-refractivity contribution in [1.29, 1.82) is 0 Å². The summed E-state index contributed by atoms with van der Waals surface area (Å²) in [7, 11) is 0. The molecule has 0 saturated heterocycles. The van der Waals surface area contributed by atoms with Crippen LogP contribution in [-0.2, 0) is 4.79 Å². The highest BCUT2D eigenvalue weighted by molar-refractivity contribution is 5.91. The fourth-order valence-electron chi connectivity index (χ4n) is 2.44. The van der Waals surface area contributed by atoms with Gasteiger partial charge < -0.3 is 14.8 Å². The standard InChI is InChI=1S/C18H25NO3/c1-3-5-6-14(4-2)12-19-18(20)10-8-15-7-9-16-17(11-15)22-13-21-16/h7-11,14H,3-6,12-13H2,1-2H3,(H,19,20)/b10-8+/t14-/m0/s1. The number of benzene rings is 1. The second-order valence-corrected chi connectivity index (χ2v) is 5.61. The van der Waals surface area contributed by atoms with Gasteiger partial charge in [-0.3, -0.25) is 4.79 Å². The highest BCUT2D eigenvalue weighted by atomic mass is 16.7. The van der Waals surface area contributed by atoms with E-state index >= 15 is 0 Å². The van der Waals surface area contributed by atoms with Gasteiger partial charge in [-0.2, -0.15) is 0 Å². The predicted octanol–water partition coefficient (Wildman–Crippen LogP) is 3.76. The molecule has 120 valence electrons. The van der Waals surface area contributed by atoms with Crippen LogP contribution in [0.2, 0.25) is 0 Å². The first-order valence-corrected chi connectivity index (χ1v) is 8.08. The van der Waals surface area contributed by atoms with E-state index in [2.05, 4.69) is 19.2 Å². The van der Waals surface area contributed by atoms with E-state index < -0.39 is 0 Å². The molecule has 4 nitrogen and oxygen atoms in total. The minimum atomic E-state index is -0.0485. The summed E-state index contributed by atoms with van der Waals surface area (Å²) in [5.74, 6) is 2.01. The van der Waals surface area contributed by atoms with Gasteiger partial charge in [-0.15, -0.1) is 0 Å². The van der Waals surface area contributed by atoms with E-state index in [1.807, 2.05) is 18.2 Å². The lowest BCUT2D eigenvalue weighted by Gasteiger charge is -2.14. The molecule has 1 aliphatic rings. The van der Waals surface area contributed by atoms with Crippen LogP contribution in [0, 0.1) is 5.92 Å². The Kier molecular flexibility index (Phi) is 6.31. The number of fused-ring (bicyclic) bond motifs is 1. The van der Waals surface area contributed by atoms with Gasteiger partial charge in [-0.25, -0.2) is 0 Å². The molecule has 0 fully saturated rings. The van der Waals surface area contributed by atoms with Crippen LogP contribution in [0.3, 0.4) is 0 Å². The van der Waals surface area contributed by atoms with E-state index in [0.717, 1.165) is 30.0 Å². The van der Waals surface area contributed by atoms with E-state index in [4.69, 9.17) is 9.47 Å². The average Bonchev–Trinajstić information content (AvgIpc) is 3.00. The molecule has 2 rings (SSSR count). The van der Waals surface area contributed by atoms with Crippen LogP contribution < -0.4 is 14.8 Å². The van der Waals surface area contributed by atoms with Crippen LogP contribution in [0.25, 0.3) is 6.08 Å². The summed E-state index contributed by atoms with van der Waals surface area (Å²) in [6.45, 7) is 5.38. The number of hydrogen-bond donors (Lipinski definition) is 1. The van der Waals surface area contributed by atoms with Crippen LogP contribution in [-0.4, -0.2) is 19.2 Å². The number of carbonyl (C=O) groups is 1. The molecule has 1 heterocycles. The number of carbonyl (C=O) groups excluding carboxylic acids is 1. The lowest BCUT2D eigenvalue weighted by molar-refractivity contribution is -0.116. The average molecular weight is 303 g/mol. The first-order valence-electron chi connectivity index (χ1n) is 8.08. The molecule has 0 aromatic heterocycles. The van der Waals surface area contributed by atoms with E-state index in [9.17, 15) is 4.79 Å². The summed E-state index contributed by atoms with van der Waals surface area (Å²) in [4.78, 5) is 11.9. The molecule has 1 aliphatic heterocycles. The summed E-state index contributed by atoms with van der Waals surface area (Å²) >= 11 is 0. The van der Waals surface area contributed by atoms with Crippen LogP contribution in [0.5, 0.6) is 11.5 Å². The van der Waals surface area contributed by atoms with Gasteiger partial charge >= 0.3 is 0 Å². The van der Waals surface area contributed by atoms with Crippen LogP contribution in [0.15, 0.2) is 24.3 Å². The number of ether oxygens (including phenoxy) is 2. The maximum Gasteiger partial charge on any atom is 0.244 e. The topological polar surface area (TPSA) is 47.6 Å². The van der Waals surface area contributed by atoms with Crippen molar-refractivity contribution < 1.29 is 14.3 Å². The van der Waals surface area contributed by atoms with E-state index in [0.29, 0.717) is 5.92 Å². The lowest BCUT2D eigenvalue weighted by Crippen LogP contribution is -2.27. The number of hydrogen-bond acceptors (Lipinski definition) is 3. The van der Waals surface area contributed by atoms with Gasteiger partial charge in [-0.05, 0) is 36.1 Å². The molecule has 1 aromatic carbocycles. The zero-order valence-electron chi connectivity index (χ0n) is 13.4. The molecule has 0 aliphatic carbocycles. The first-order chi connectivity index (χ1) is 10.7. The van der Waals surface area contributed by atoms with Crippen LogP contribution in [0.4, 0.5) is 0 Å². The summed E-state index contributed by atoms with van der Waals surface area (Å²) in [6, 6.07) is 5.65. The van der Waals surface area contributed by atoms with Gasteiger partial charge in [0, 0.05) is 12.6 Å². The third-order valence-corrected chi connectivity index (χ3v) is 3.93. The van der Waals surface area contributed by atoms with Crippen molar-refractivity contribution in [3.63, 3.8) is 0 Å². The van der Waals surface area contributed by atoms with Crippen molar-refractivity contribution in [1.82, 2.24) is 5.32 Å². The molecule has 4 heteroatoms. The van der Waals surface area contributed by atoms with Crippen molar-refractivity contribution in [3.8, 4) is 11.5 Å². The summed E-state index contributed by atoms with van der Waals surface area (Å²) in [5, 5.41) is 2.98. The van der Waals surface area contributed by atoms with Gasteiger partial charge in [0.2, 0.25) is 12.7 Å². The Hall–Kier alpha value is -1.97. The number of unbranched alkanes of at least 4 members (excludes halogenated alkanes) is 1. The molecule has 22 heavy (non-hydrogen) atoms. The maximum atomic E-state index is 11.9. The number of amides is 1. The van der Waals surface area contributed by atoms with Gasteiger partial charge in [-0.1, -0.05) is 39.2 Å². The van der Waals surface area contributed by atoms with Crippen molar-refractivity contribution in [2.45, 2.75) is 39.5 Å². The van der Waals surface area contributed by atoms with Gasteiger partial charge in [0.25, 0.3) is 0 Å². The Bertz CT molecular complexity index is 525. The Morgan fingerprint density at radius 3 is 2.91 bits per heavy atom.